The highest BCUT2D eigenvalue weighted by atomic mass is 16.3. The fourth-order valence-corrected chi connectivity index (χ4v) is 4.05. The number of phenols is 1. The van der Waals surface area contributed by atoms with Gasteiger partial charge in [0.15, 0.2) is 11.5 Å². The summed E-state index contributed by atoms with van der Waals surface area (Å²) in [4.78, 5) is 29.9. The molecule has 0 spiro atoms. The first-order chi connectivity index (χ1) is 15.4. The number of aromatic hydroxyl groups is 1. The highest BCUT2D eigenvalue weighted by Gasteiger charge is 2.45. The van der Waals surface area contributed by atoms with Crippen molar-refractivity contribution < 1.29 is 24.2 Å². The van der Waals surface area contributed by atoms with E-state index < -0.39 is 23.5 Å². The van der Waals surface area contributed by atoms with Gasteiger partial charge in [0.05, 0.1) is 23.9 Å². The molecule has 32 heavy (non-hydrogen) atoms. The molecule has 2 aromatic carbocycles. The summed E-state index contributed by atoms with van der Waals surface area (Å²) < 4.78 is 5.25. The maximum Gasteiger partial charge on any atom is 0.290 e. The maximum atomic E-state index is 13.2. The monoisotopic (exact) mass is 432 g/mol. The van der Waals surface area contributed by atoms with Crippen LogP contribution in [0.5, 0.6) is 5.75 Å². The second-order valence-electron chi connectivity index (χ2n) is 7.91. The zero-order chi connectivity index (χ0) is 22.8. The van der Waals surface area contributed by atoms with Crippen LogP contribution in [-0.2, 0) is 4.79 Å². The number of carbonyl (C=O) groups excluding carboxylic acids is 2. The minimum atomic E-state index is -0.827. The van der Waals surface area contributed by atoms with Crippen LogP contribution in [0, 0.1) is 0 Å². The van der Waals surface area contributed by atoms with Crippen molar-refractivity contribution in [3.05, 3.63) is 101 Å². The number of ketones is 1. The van der Waals surface area contributed by atoms with Gasteiger partial charge in [0.25, 0.3) is 5.91 Å². The normalized spacial score (nSPS) is 17.3. The minimum absolute atomic E-state index is 0.0391. The number of furan rings is 1. The third-order valence-electron chi connectivity index (χ3n) is 5.68. The number of carbonyl (C=O) groups is 2. The molecule has 1 amide bonds. The van der Waals surface area contributed by atoms with Gasteiger partial charge in [-0.3, -0.25) is 9.59 Å². The van der Waals surface area contributed by atoms with Crippen molar-refractivity contribution in [2.24, 2.45) is 0 Å². The van der Waals surface area contributed by atoms with E-state index in [0.717, 1.165) is 5.56 Å². The molecule has 2 N–H and O–H groups in total. The number of benzene rings is 2. The standard InChI is InChI=1S/C25H24N2O5/c1-26(2)19(16-7-4-3-5-8-16)15-27-22(17-10-12-18(28)13-11-17)21(24(30)25(27)31)23(29)20-9-6-14-32-20/h3-14,19,22,28,30H,15H2,1-2H3. The molecule has 4 rings (SSSR count). The van der Waals surface area contributed by atoms with Gasteiger partial charge >= 0.3 is 0 Å². The fraction of sp³-hybridized carbons (Fsp3) is 0.200. The molecule has 0 radical (unpaired) electrons. The SMILES string of the molecule is CN(C)C(CN1C(=O)C(O)=C(C(=O)c2ccco2)C1c1ccc(O)cc1)c1ccccc1. The van der Waals surface area contributed by atoms with Crippen LogP contribution in [0.15, 0.2) is 88.7 Å². The van der Waals surface area contributed by atoms with Gasteiger partial charge < -0.3 is 24.4 Å². The molecule has 0 aliphatic carbocycles. The summed E-state index contributed by atoms with van der Waals surface area (Å²) in [6, 6.07) is 18.1. The lowest BCUT2D eigenvalue weighted by atomic mass is 9.94. The van der Waals surface area contributed by atoms with E-state index in [9.17, 15) is 19.8 Å². The number of hydrogen-bond donors (Lipinski definition) is 2. The van der Waals surface area contributed by atoms with E-state index in [-0.39, 0.29) is 29.7 Å². The summed E-state index contributed by atoms with van der Waals surface area (Å²) in [5.74, 6) is -1.66. The largest absolute Gasteiger partial charge is 0.508 e. The number of hydrogen-bond acceptors (Lipinski definition) is 6. The zero-order valence-electron chi connectivity index (χ0n) is 17.8. The molecule has 1 aromatic heterocycles. The summed E-state index contributed by atoms with van der Waals surface area (Å²) >= 11 is 0. The molecule has 0 fully saturated rings. The average Bonchev–Trinajstić information content (AvgIpc) is 3.41. The topological polar surface area (TPSA) is 94.2 Å². The van der Waals surface area contributed by atoms with Gasteiger partial charge in [-0.25, -0.2) is 0 Å². The summed E-state index contributed by atoms with van der Waals surface area (Å²) in [5, 5.41) is 20.5. The van der Waals surface area contributed by atoms with Crippen molar-refractivity contribution in [3.63, 3.8) is 0 Å². The number of likely N-dealkylation sites (N-methyl/N-ethyl adjacent to an activating group) is 1. The van der Waals surface area contributed by atoms with Gasteiger partial charge in [0.1, 0.15) is 5.75 Å². The van der Waals surface area contributed by atoms with Crippen LogP contribution in [0.4, 0.5) is 0 Å². The second kappa shape index (κ2) is 8.72. The van der Waals surface area contributed by atoms with Gasteiger partial charge in [-0.15, -0.1) is 0 Å². The van der Waals surface area contributed by atoms with Gasteiger partial charge in [-0.05, 0) is 49.5 Å². The molecular formula is C25H24N2O5. The number of nitrogens with zero attached hydrogens (tertiary/aromatic N) is 2. The first-order valence-corrected chi connectivity index (χ1v) is 10.2. The van der Waals surface area contributed by atoms with Crippen LogP contribution < -0.4 is 0 Å². The molecule has 2 heterocycles. The van der Waals surface area contributed by atoms with Crippen molar-refractivity contribution in [1.29, 1.82) is 0 Å². The smallest absolute Gasteiger partial charge is 0.290 e. The van der Waals surface area contributed by atoms with Crippen LogP contribution >= 0.6 is 0 Å². The lowest BCUT2D eigenvalue weighted by Crippen LogP contribution is -2.38. The predicted molar refractivity (Wildman–Crippen MR) is 118 cm³/mol. The van der Waals surface area contributed by atoms with Crippen molar-refractivity contribution in [1.82, 2.24) is 9.80 Å². The summed E-state index contributed by atoms with van der Waals surface area (Å²) in [6.45, 7) is 0.236. The Morgan fingerprint density at radius 1 is 1.03 bits per heavy atom. The molecule has 2 unspecified atom stereocenters. The molecule has 7 nitrogen and oxygen atoms in total. The lowest BCUT2D eigenvalue weighted by Gasteiger charge is -2.33. The first kappa shape index (κ1) is 21.4. The Morgan fingerprint density at radius 3 is 2.31 bits per heavy atom. The van der Waals surface area contributed by atoms with Crippen LogP contribution in [-0.4, -0.2) is 52.3 Å². The van der Waals surface area contributed by atoms with E-state index in [1.165, 1.54) is 29.4 Å². The Hall–Kier alpha value is -3.84. The number of Topliss-reactive ketones (excluding diaryl/α,β-unsaturated/α-hetero) is 1. The van der Waals surface area contributed by atoms with E-state index in [2.05, 4.69) is 0 Å². The van der Waals surface area contributed by atoms with E-state index >= 15 is 0 Å². The number of aliphatic hydroxyl groups excluding tert-OH is 1. The van der Waals surface area contributed by atoms with E-state index in [1.807, 2.05) is 49.3 Å². The van der Waals surface area contributed by atoms with E-state index in [0.29, 0.717) is 5.56 Å². The number of phenolic OH excluding ortho intramolecular Hbond substituents is 1. The third kappa shape index (κ3) is 3.90. The summed E-state index contributed by atoms with van der Waals surface area (Å²) in [6.07, 6.45) is 1.37. The van der Waals surface area contributed by atoms with Gasteiger partial charge in [0, 0.05) is 6.54 Å². The second-order valence-corrected chi connectivity index (χ2v) is 7.91. The molecule has 0 bridgehead atoms. The molecule has 1 aliphatic rings. The Labute approximate surface area is 185 Å². The highest BCUT2D eigenvalue weighted by Crippen LogP contribution is 2.40. The predicted octanol–water partition coefficient (Wildman–Crippen LogP) is 3.87. The van der Waals surface area contributed by atoms with Crippen LogP contribution in [0.25, 0.3) is 0 Å². The molecule has 7 heteroatoms. The quantitative estimate of drug-likeness (QED) is 0.551. The van der Waals surface area contributed by atoms with Gasteiger partial charge in [-0.2, -0.15) is 0 Å². The number of rotatable bonds is 7. The average molecular weight is 432 g/mol. The molecule has 164 valence electrons. The lowest BCUT2D eigenvalue weighted by molar-refractivity contribution is -0.130. The van der Waals surface area contributed by atoms with Crippen LogP contribution in [0.3, 0.4) is 0 Å². The Bertz CT molecular complexity index is 1130. The number of aliphatic hydroxyl groups is 1. The van der Waals surface area contributed by atoms with E-state index in [4.69, 9.17) is 4.42 Å². The van der Waals surface area contributed by atoms with Crippen molar-refractivity contribution in [3.8, 4) is 5.75 Å². The maximum absolute atomic E-state index is 13.2. The fourth-order valence-electron chi connectivity index (χ4n) is 4.05. The Kier molecular flexibility index (Phi) is 5.83. The Balaban J connectivity index is 1.78. The Morgan fingerprint density at radius 2 is 1.72 bits per heavy atom. The zero-order valence-corrected chi connectivity index (χ0v) is 17.8. The molecule has 2 atom stereocenters. The highest BCUT2D eigenvalue weighted by molar-refractivity contribution is 6.15. The summed E-state index contributed by atoms with van der Waals surface area (Å²) in [7, 11) is 3.83. The van der Waals surface area contributed by atoms with Crippen molar-refractivity contribution in [2.75, 3.05) is 20.6 Å². The molecule has 0 saturated heterocycles. The van der Waals surface area contributed by atoms with Gasteiger partial charge in [-0.1, -0.05) is 42.5 Å². The van der Waals surface area contributed by atoms with Crippen molar-refractivity contribution >= 4 is 11.7 Å². The molecule has 1 aliphatic heterocycles. The third-order valence-corrected chi connectivity index (χ3v) is 5.68. The van der Waals surface area contributed by atoms with Gasteiger partial charge in [0.2, 0.25) is 5.78 Å². The van der Waals surface area contributed by atoms with Crippen LogP contribution in [0.2, 0.25) is 0 Å². The molecule has 0 saturated carbocycles. The summed E-state index contributed by atoms with van der Waals surface area (Å²) in [5.41, 5.74) is 1.56. The minimum Gasteiger partial charge on any atom is -0.508 e. The molecular weight excluding hydrogens is 408 g/mol. The van der Waals surface area contributed by atoms with E-state index in [1.54, 1.807) is 18.2 Å². The number of amides is 1. The van der Waals surface area contributed by atoms with Crippen molar-refractivity contribution in [2.45, 2.75) is 12.1 Å². The van der Waals surface area contributed by atoms with Crippen LogP contribution in [0.1, 0.15) is 33.8 Å². The first-order valence-electron chi connectivity index (χ1n) is 10.2. The molecule has 3 aromatic rings.